The lowest BCUT2D eigenvalue weighted by atomic mass is 9.56. The summed E-state index contributed by atoms with van der Waals surface area (Å²) in [6.07, 6.45) is 6.43. The highest BCUT2D eigenvalue weighted by Crippen LogP contribution is 2.63. The Morgan fingerprint density at radius 3 is 1.45 bits per heavy atom. The van der Waals surface area contributed by atoms with Crippen LogP contribution in [-0.4, -0.2) is 70.0 Å². The van der Waals surface area contributed by atoms with Crippen molar-refractivity contribution in [3.05, 3.63) is 0 Å². The summed E-state index contributed by atoms with van der Waals surface area (Å²) < 4.78 is 26.7. The van der Waals surface area contributed by atoms with Crippen LogP contribution in [0.1, 0.15) is 106 Å². The molecular formula is C34H54O10. The Kier molecular flexibility index (Phi) is 7.23. The van der Waals surface area contributed by atoms with Crippen LogP contribution in [0.3, 0.4) is 0 Å². The third-order valence-electron chi connectivity index (χ3n) is 14.0. The van der Waals surface area contributed by atoms with Crippen molar-refractivity contribution in [3.8, 4) is 0 Å². The molecule has 10 heteroatoms. The van der Waals surface area contributed by atoms with Crippen molar-refractivity contribution in [1.82, 2.24) is 0 Å². The fraction of sp³-hybridized carbons (Fsp3) is 1.00. The second-order valence-electron chi connectivity index (χ2n) is 16.7. The second-order valence-corrected chi connectivity index (χ2v) is 16.7. The average Bonchev–Trinajstić information content (AvgIpc) is 3.36. The van der Waals surface area contributed by atoms with Gasteiger partial charge >= 0.3 is 0 Å². The maximum atomic E-state index is 12.2. The zero-order valence-electron chi connectivity index (χ0n) is 27.4. The molecule has 0 amide bonds. The third-order valence-corrected chi connectivity index (χ3v) is 14.0. The summed E-state index contributed by atoms with van der Waals surface area (Å²) in [4.78, 5) is 24.6. The van der Waals surface area contributed by atoms with Crippen molar-refractivity contribution in [2.24, 2.45) is 47.3 Å². The lowest BCUT2D eigenvalue weighted by Crippen LogP contribution is -2.71. The molecule has 2 aliphatic carbocycles. The van der Waals surface area contributed by atoms with Crippen molar-refractivity contribution in [1.29, 1.82) is 0 Å². The van der Waals surface area contributed by atoms with Gasteiger partial charge in [-0.05, 0) is 87.9 Å². The van der Waals surface area contributed by atoms with E-state index in [4.69, 9.17) is 38.5 Å². The van der Waals surface area contributed by atoms with Gasteiger partial charge in [-0.25, -0.2) is 19.6 Å². The molecule has 8 heterocycles. The molecule has 4 bridgehead atoms. The minimum atomic E-state index is -1.41. The molecule has 8 saturated heterocycles. The van der Waals surface area contributed by atoms with Crippen LogP contribution in [0.5, 0.6) is 0 Å². The zero-order valence-corrected chi connectivity index (χ0v) is 27.4. The fourth-order valence-corrected chi connectivity index (χ4v) is 11.4. The van der Waals surface area contributed by atoms with Crippen molar-refractivity contribution in [3.63, 3.8) is 0 Å². The van der Waals surface area contributed by atoms with E-state index in [2.05, 4.69) is 27.7 Å². The first kappa shape index (κ1) is 30.9. The summed E-state index contributed by atoms with van der Waals surface area (Å²) in [5.74, 6) is 0.305. The normalized spacial score (nSPS) is 59.2. The Labute approximate surface area is 261 Å². The Morgan fingerprint density at radius 2 is 1.05 bits per heavy atom. The van der Waals surface area contributed by atoms with Gasteiger partial charge in [-0.1, -0.05) is 27.7 Å². The number of rotatable bonds is 5. The van der Waals surface area contributed by atoms with Gasteiger partial charge < -0.3 is 29.2 Å². The molecule has 2 unspecified atom stereocenters. The molecule has 250 valence electrons. The fourth-order valence-electron chi connectivity index (χ4n) is 11.4. The minimum Gasteiger partial charge on any atom is -0.393 e. The predicted molar refractivity (Wildman–Crippen MR) is 155 cm³/mol. The molecule has 0 aromatic carbocycles. The maximum absolute atomic E-state index is 12.2. The molecule has 16 atom stereocenters. The maximum Gasteiger partial charge on any atom is 0.201 e. The largest absolute Gasteiger partial charge is 0.393 e. The van der Waals surface area contributed by atoms with E-state index in [9.17, 15) is 10.2 Å². The standard InChI is InChI=1S/C34H54O10/c1-18-7-9-24-20(3)26(37-28-33(24)22(18)11-13-30(5,39-28)41-43-33)15-32(36,17-35)16-27-21(4)25-10-8-19(2)23-12-14-31(6)40-29(38-27)34(23,25)44-42-31/h18-29,35-36H,7-17H2,1-6H3/t18-,19-,20-,21-,22+,23+,24+,25+,26?,27?,28+,29+,30-,31-,32?,33-,34-/m1/s1. The number of hydrogen-bond donors (Lipinski definition) is 2. The zero-order chi connectivity index (χ0) is 30.9. The van der Waals surface area contributed by atoms with E-state index in [-0.39, 0.29) is 67.2 Å². The summed E-state index contributed by atoms with van der Waals surface area (Å²) in [6.45, 7) is 12.5. The first-order valence-electron chi connectivity index (χ1n) is 17.6. The summed E-state index contributed by atoms with van der Waals surface area (Å²) in [5.41, 5.74) is -2.72. The van der Waals surface area contributed by atoms with E-state index >= 15 is 0 Å². The summed E-state index contributed by atoms with van der Waals surface area (Å²) in [6, 6.07) is 0. The highest BCUT2D eigenvalue weighted by Gasteiger charge is 2.71. The molecule has 10 aliphatic rings. The van der Waals surface area contributed by atoms with Crippen LogP contribution < -0.4 is 0 Å². The summed E-state index contributed by atoms with van der Waals surface area (Å²) in [5, 5.41) is 22.9. The van der Waals surface area contributed by atoms with Gasteiger partial charge in [-0.3, -0.25) is 0 Å². The molecule has 2 spiro atoms. The van der Waals surface area contributed by atoms with Crippen molar-refractivity contribution in [2.45, 2.75) is 159 Å². The Morgan fingerprint density at radius 1 is 0.614 bits per heavy atom. The van der Waals surface area contributed by atoms with E-state index in [1.807, 2.05) is 13.8 Å². The number of hydrogen-bond acceptors (Lipinski definition) is 10. The minimum absolute atomic E-state index is 0.0777. The SMILES string of the molecule is C[C@@H]1CC[C@H]2[C@@H](C)C(CC(O)(CO)CC3O[C@H]4O[C@@]5(C)CC[C@H]6[C@H](C)CC[C@@H]([C@H]3C)[C@@]46OO5)O[C@H]3O[C@@]4(C)CC[C@@H]1[C@]32OO4. The molecule has 10 nitrogen and oxygen atoms in total. The molecule has 0 aromatic heterocycles. The number of aliphatic hydroxyl groups excluding tert-OH is 1. The summed E-state index contributed by atoms with van der Waals surface area (Å²) >= 11 is 0. The molecule has 0 radical (unpaired) electrons. The molecular weight excluding hydrogens is 568 g/mol. The van der Waals surface area contributed by atoms with E-state index in [0.29, 0.717) is 11.8 Å². The van der Waals surface area contributed by atoms with Crippen molar-refractivity contribution >= 4 is 0 Å². The van der Waals surface area contributed by atoms with Gasteiger partial charge in [0.2, 0.25) is 11.6 Å². The van der Waals surface area contributed by atoms with Gasteiger partial charge in [-0.15, -0.1) is 0 Å². The number of aliphatic hydroxyl groups is 2. The molecule has 44 heavy (non-hydrogen) atoms. The smallest absolute Gasteiger partial charge is 0.201 e. The molecule has 2 saturated carbocycles. The van der Waals surface area contributed by atoms with Gasteiger partial charge in [0, 0.05) is 37.5 Å². The number of ether oxygens (including phenoxy) is 4. The Bertz CT molecular complexity index is 1040. The van der Waals surface area contributed by atoms with Crippen LogP contribution in [0.2, 0.25) is 0 Å². The van der Waals surface area contributed by atoms with Gasteiger partial charge in [0.05, 0.1) is 24.4 Å². The van der Waals surface area contributed by atoms with Crippen molar-refractivity contribution in [2.75, 3.05) is 6.61 Å². The van der Waals surface area contributed by atoms with Gasteiger partial charge in [0.15, 0.2) is 23.8 Å². The average molecular weight is 623 g/mol. The lowest BCUT2D eigenvalue weighted by Gasteiger charge is -2.61. The van der Waals surface area contributed by atoms with Gasteiger partial charge in [-0.2, -0.15) is 0 Å². The topological polar surface area (TPSA) is 114 Å². The van der Waals surface area contributed by atoms with Crippen LogP contribution in [0, 0.1) is 47.3 Å². The van der Waals surface area contributed by atoms with Crippen LogP contribution >= 0.6 is 0 Å². The second kappa shape index (κ2) is 10.3. The first-order chi connectivity index (χ1) is 20.9. The van der Waals surface area contributed by atoms with Gasteiger partial charge in [0.1, 0.15) is 0 Å². The first-order valence-corrected chi connectivity index (χ1v) is 17.6. The Balaban J connectivity index is 1.05. The number of fused-ring (bicyclic) bond motifs is 4. The van der Waals surface area contributed by atoms with Crippen LogP contribution in [0.15, 0.2) is 0 Å². The van der Waals surface area contributed by atoms with Crippen LogP contribution in [0.4, 0.5) is 0 Å². The molecule has 2 N–H and O–H groups in total. The van der Waals surface area contributed by atoms with E-state index in [1.165, 1.54) is 0 Å². The predicted octanol–water partition coefficient (Wildman–Crippen LogP) is 4.99. The van der Waals surface area contributed by atoms with E-state index in [1.54, 1.807) is 0 Å². The highest BCUT2D eigenvalue weighted by molar-refractivity contribution is 5.12. The highest BCUT2D eigenvalue weighted by atomic mass is 17.3. The van der Waals surface area contributed by atoms with Crippen LogP contribution in [0.25, 0.3) is 0 Å². The lowest BCUT2D eigenvalue weighted by molar-refractivity contribution is -0.572. The quantitative estimate of drug-likeness (QED) is 0.407. The summed E-state index contributed by atoms with van der Waals surface area (Å²) in [7, 11) is 0. The molecule has 8 aliphatic heterocycles. The van der Waals surface area contributed by atoms with Gasteiger partial charge in [0.25, 0.3) is 0 Å². The molecule has 10 fully saturated rings. The van der Waals surface area contributed by atoms with Crippen LogP contribution in [-0.2, 0) is 38.5 Å². The molecule has 0 aromatic rings. The monoisotopic (exact) mass is 622 g/mol. The molecule has 10 rings (SSSR count). The van der Waals surface area contributed by atoms with Crippen molar-refractivity contribution < 1.29 is 48.7 Å². The van der Waals surface area contributed by atoms with E-state index in [0.717, 1.165) is 51.4 Å². The Hall–Kier alpha value is -0.400. The van der Waals surface area contributed by atoms with E-state index < -0.39 is 41.0 Å². The third kappa shape index (κ3) is 4.28.